The lowest BCUT2D eigenvalue weighted by molar-refractivity contribution is -0.158. The molecule has 0 aromatic carbocycles. The van der Waals surface area contributed by atoms with Crippen molar-refractivity contribution < 1.29 is 14.3 Å². The molecule has 0 N–H and O–H groups in total. The zero-order valence-electron chi connectivity index (χ0n) is 13.7. The summed E-state index contributed by atoms with van der Waals surface area (Å²) in [5.41, 5.74) is 0.265. The van der Waals surface area contributed by atoms with Gasteiger partial charge in [-0.15, -0.1) is 0 Å². The van der Waals surface area contributed by atoms with Crippen LogP contribution in [0.2, 0.25) is 0 Å². The van der Waals surface area contributed by atoms with E-state index in [1.54, 1.807) is 0 Å². The van der Waals surface area contributed by atoms with Gasteiger partial charge in [-0.2, -0.15) is 0 Å². The van der Waals surface area contributed by atoms with Gasteiger partial charge in [0.1, 0.15) is 6.04 Å². The Kier molecular flexibility index (Phi) is 3.28. The lowest BCUT2D eigenvalue weighted by atomic mass is 9.47. The van der Waals surface area contributed by atoms with Gasteiger partial charge < -0.3 is 9.64 Å². The lowest BCUT2D eigenvalue weighted by Gasteiger charge is -2.60. The van der Waals surface area contributed by atoms with Gasteiger partial charge in [0.2, 0.25) is 5.91 Å². The summed E-state index contributed by atoms with van der Waals surface area (Å²) in [6.45, 7) is 2.20. The number of carbonyl (C=O) groups is 2. The van der Waals surface area contributed by atoms with E-state index in [1.807, 2.05) is 4.90 Å². The Morgan fingerprint density at radius 1 is 1.18 bits per heavy atom. The first-order valence-corrected chi connectivity index (χ1v) is 8.91. The molecule has 0 aromatic heterocycles. The van der Waals surface area contributed by atoms with E-state index in [0.29, 0.717) is 12.8 Å². The Morgan fingerprint density at radius 2 is 1.73 bits per heavy atom. The Labute approximate surface area is 132 Å². The summed E-state index contributed by atoms with van der Waals surface area (Å²) in [5.74, 6) is 2.51. The zero-order valence-corrected chi connectivity index (χ0v) is 13.7. The molecule has 5 rings (SSSR count). The second-order valence-corrected chi connectivity index (χ2v) is 8.33. The van der Waals surface area contributed by atoms with Crippen LogP contribution in [0.4, 0.5) is 0 Å². The SMILES string of the molecule is COC(=O)C1CCC(=O)N1C(C)C12CC3CC(CC(C3)C1)C2. The van der Waals surface area contributed by atoms with E-state index < -0.39 is 0 Å². The molecule has 4 nitrogen and oxygen atoms in total. The monoisotopic (exact) mass is 305 g/mol. The summed E-state index contributed by atoms with van der Waals surface area (Å²) in [6.07, 6.45) is 9.12. The molecule has 1 saturated heterocycles. The number of methoxy groups -OCH3 is 1. The Hall–Kier alpha value is -1.06. The zero-order chi connectivity index (χ0) is 15.5. The highest BCUT2D eigenvalue weighted by molar-refractivity contribution is 5.88. The number of rotatable bonds is 3. The molecular formula is C18H27NO3. The van der Waals surface area contributed by atoms with Crippen LogP contribution in [0.5, 0.6) is 0 Å². The standard InChI is InChI=1S/C18H27NO3/c1-11(19-15(17(21)22-2)3-4-16(19)20)18-8-12-5-13(9-18)7-14(6-12)10-18/h11-15H,3-10H2,1-2H3. The molecule has 1 heterocycles. The highest BCUT2D eigenvalue weighted by Gasteiger charge is 2.56. The minimum absolute atomic E-state index is 0.152. The first kappa shape index (κ1) is 14.5. The third kappa shape index (κ3) is 2.02. The second-order valence-electron chi connectivity index (χ2n) is 8.33. The van der Waals surface area contributed by atoms with Gasteiger partial charge in [-0.1, -0.05) is 0 Å². The third-order valence-electron chi connectivity index (χ3n) is 7.12. The van der Waals surface area contributed by atoms with Crippen LogP contribution in [0.3, 0.4) is 0 Å². The summed E-state index contributed by atoms with van der Waals surface area (Å²) in [4.78, 5) is 26.4. The average Bonchev–Trinajstić information content (AvgIpc) is 2.86. The van der Waals surface area contributed by atoms with Gasteiger partial charge in [0, 0.05) is 12.5 Å². The van der Waals surface area contributed by atoms with Crippen molar-refractivity contribution in [2.75, 3.05) is 7.11 Å². The molecule has 0 spiro atoms. The first-order chi connectivity index (χ1) is 10.5. The van der Waals surface area contributed by atoms with E-state index in [4.69, 9.17) is 4.74 Å². The Morgan fingerprint density at radius 3 is 2.23 bits per heavy atom. The number of carbonyl (C=O) groups excluding carboxylic acids is 2. The van der Waals surface area contributed by atoms with Crippen molar-refractivity contribution in [3.8, 4) is 0 Å². The second kappa shape index (κ2) is 4.97. The predicted octanol–water partition coefficient (Wildman–Crippen LogP) is 2.76. The quantitative estimate of drug-likeness (QED) is 0.753. The third-order valence-corrected chi connectivity index (χ3v) is 7.12. The van der Waals surface area contributed by atoms with Crippen LogP contribution in [0.25, 0.3) is 0 Å². The maximum Gasteiger partial charge on any atom is 0.328 e. The maximum atomic E-state index is 12.5. The van der Waals surface area contributed by atoms with E-state index in [1.165, 1.54) is 45.6 Å². The highest BCUT2D eigenvalue weighted by Crippen LogP contribution is 2.62. The summed E-state index contributed by atoms with van der Waals surface area (Å²) < 4.78 is 4.95. The molecule has 4 bridgehead atoms. The molecule has 4 aliphatic carbocycles. The van der Waals surface area contributed by atoms with E-state index in [2.05, 4.69) is 6.92 Å². The molecule has 122 valence electrons. The van der Waals surface area contributed by atoms with Crippen molar-refractivity contribution in [2.24, 2.45) is 23.2 Å². The van der Waals surface area contributed by atoms with Crippen LogP contribution in [0.1, 0.15) is 58.3 Å². The van der Waals surface area contributed by atoms with E-state index >= 15 is 0 Å². The largest absolute Gasteiger partial charge is 0.467 e. The molecule has 1 aliphatic heterocycles. The van der Waals surface area contributed by atoms with Gasteiger partial charge in [0.05, 0.1) is 7.11 Å². The smallest absolute Gasteiger partial charge is 0.328 e. The fraction of sp³-hybridized carbons (Fsp3) is 0.889. The highest BCUT2D eigenvalue weighted by atomic mass is 16.5. The normalized spacial score (nSPS) is 44.5. The van der Waals surface area contributed by atoms with Crippen molar-refractivity contribution in [1.29, 1.82) is 0 Å². The van der Waals surface area contributed by atoms with E-state index in [0.717, 1.165) is 17.8 Å². The van der Waals surface area contributed by atoms with Crippen molar-refractivity contribution in [1.82, 2.24) is 4.90 Å². The summed E-state index contributed by atoms with van der Waals surface area (Å²) in [6, 6.07) is -0.166. The van der Waals surface area contributed by atoms with Crippen molar-refractivity contribution >= 4 is 11.9 Å². The van der Waals surface area contributed by atoms with Crippen LogP contribution < -0.4 is 0 Å². The first-order valence-electron chi connectivity index (χ1n) is 8.91. The molecule has 4 heteroatoms. The maximum absolute atomic E-state index is 12.5. The number of hydrogen-bond donors (Lipinski definition) is 0. The number of amides is 1. The van der Waals surface area contributed by atoms with Crippen LogP contribution in [0, 0.1) is 23.2 Å². The van der Waals surface area contributed by atoms with Crippen molar-refractivity contribution in [2.45, 2.75) is 70.4 Å². The van der Waals surface area contributed by atoms with Gasteiger partial charge in [0.25, 0.3) is 0 Å². The topological polar surface area (TPSA) is 46.6 Å². The number of nitrogens with zero attached hydrogens (tertiary/aromatic N) is 1. The molecule has 5 aliphatic rings. The number of esters is 1. The molecule has 0 aromatic rings. The number of likely N-dealkylation sites (tertiary alicyclic amines) is 1. The average molecular weight is 305 g/mol. The molecular weight excluding hydrogens is 278 g/mol. The summed E-state index contributed by atoms with van der Waals surface area (Å²) in [5, 5.41) is 0. The van der Waals surface area contributed by atoms with Gasteiger partial charge in [-0.25, -0.2) is 4.79 Å². The van der Waals surface area contributed by atoms with Crippen LogP contribution in [-0.4, -0.2) is 36.0 Å². The van der Waals surface area contributed by atoms with Crippen LogP contribution in [-0.2, 0) is 14.3 Å². The van der Waals surface area contributed by atoms with Gasteiger partial charge >= 0.3 is 5.97 Å². The fourth-order valence-electron chi connectivity index (χ4n) is 6.54. The molecule has 4 saturated carbocycles. The molecule has 22 heavy (non-hydrogen) atoms. The van der Waals surface area contributed by atoms with Gasteiger partial charge in [0.15, 0.2) is 0 Å². The summed E-state index contributed by atoms with van der Waals surface area (Å²) >= 11 is 0. The van der Waals surface area contributed by atoms with E-state index in [9.17, 15) is 9.59 Å². The van der Waals surface area contributed by atoms with E-state index in [-0.39, 0.29) is 29.4 Å². The Bertz CT molecular complexity index is 465. The summed E-state index contributed by atoms with van der Waals surface area (Å²) in [7, 11) is 1.43. The van der Waals surface area contributed by atoms with Crippen molar-refractivity contribution in [3.05, 3.63) is 0 Å². The minimum atomic E-state index is -0.347. The molecule has 2 atom stereocenters. The number of hydrogen-bond acceptors (Lipinski definition) is 3. The minimum Gasteiger partial charge on any atom is -0.467 e. The van der Waals surface area contributed by atoms with Gasteiger partial charge in [-0.3, -0.25) is 4.79 Å². The molecule has 0 radical (unpaired) electrons. The molecule has 1 amide bonds. The van der Waals surface area contributed by atoms with Crippen LogP contribution >= 0.6 is 0 Å². The van der Waals surface area contributed by atoms with Crippen molar-refractivity contribution in [3.63, 3.8) is 0 Å². The predicted molar refractivity (Wildman–Crippen MR) is 82.0 cm³/mol. The molecule has 2 unspecified atom stereocenters. The molecule has 5 fully saturated rings. The Balaban J connectivity index is 1.61. The number of ether oxygens (including phenoxy) is 1. The van der Waals surface area contributed by atoms with Crippen LogP contribution in [0.15, 0.2) is 0 Å². The van der Waals surface area contributed by atoms with Gasteiger partial charge in [-0.05, 0) is 75.0 Å². The fourth-order valence-corrected chi connectivity index (χ4v) is 6.54. The lowest BCUT2D eigenvalue weighted by Crippen LogP contribution is -2.58.